The van der Waals surface area contributed by atoms with Crippen LogP contribution in [0.2, 0.25) is 0 Å². The molecule has 0 aromatic heterocycles. The number of hydrogen-bond donors (Lipinski definition) is 1. The second kappa shape index (κ2) is 11.5. The van der Waals surface area contributed by atoms with Gasteiger partial charge in [0.15, 0.2) is 0 Å². The number of carbonyl (C=O) groups is 2. The third-order valence-electron chi connectivity index (χ3n) is 3.51. The van der Waals surface area contributed by atoms with Crippen molar-refractivity contribution >= 4 is 34.8 Å². The Balaban J connectivity index is 1.76. The van der Waals surface area contributed by atoms with Crippen molar-refractivity contribution in [3.63, 3.8) is 0 Å². The number of hydrogen-bond acceptors (Lipinski definition) is 3. The lowest BCUT2D eigenvalue weighted by atomic mass is 9.96. The molecular weight excluding hydrogens is 369 g/mol. The van der Waals surface area contributed by atoms with Crippen LogP contribution in [0.25, 0.3) is 0 Å². The fourth-order valence-corrected chi connectivity index (χ4v) is 3.26. The van der Waals surface area contributed by atoms with Crippen molar-refractivity contribution in [2.75, 3.05) is 13.2 Å². The summed E-state index contributed by atoms with van der Waals surface area (Å²) in [5.74, 6) is 0.0634. The molecule has 0 radical (unpaired) electrons. The lowest BCUT2D eigenvalue weighted by Gasteiger charge is -2.31. The van der Waals surface area contributed by atoms with Crippen molar-refractivity contribution in [1.82, 2.24) is 5.32 Å². The molecule has 5 heteroatoms. The van der Waals surface area contributed by atoms with Crippen LogP contribution in [0, 0.1) is 0 Å². The van der Waals surface area contributed by atoms with E-state index in [0.29, 0.717) is 25.4 Å². The number of aldehydes is 1. The van der Waals surface area contributed by atoms with E-state index >= 15 is 0 Å². The van der Waals surface area contributed by atoms with Crippen molar-refractivity contribution in [2.45, 2.75) is 67.8 Å². The number of rotatable bonds is 12. The van der Waals surface area contributed by atoms with E-state index < -0.39 is 0 Å². The van der Waals surface area contributed by atoms with Gasteiger partial charge in [-0.2, -0.15) is 0 Å². The number of amides is 1. The molecule has 0 bridgehead atoms. The van der Waals surface area contributed by atoms with Gasteiger partial charge >= 0.3 is 0 Å². The van der Waals surface area contributed by atoms with Crippen molar-refractivity contribution in [2.24, 2.45) is 0 Å². The molecule has 1 rings (SSSR count). The maximum absolute atomic E-state index is 11.3. The molecule has 0 aliphatic heterocycles. The van der Waals surface area contributed by atoms with E-state index in [1.807, 2.05) is 0 Å². The van der Waals surface area contributed by atoms with Gasteiger partial charge in [0.25, 0.3) is 0 Å². The van der Waals surface area contributed by atoms with Crippen LogP contribution >= 0.6 is 22.6 Å². The van der Waals surface area contributed by atoms with Gasteiger partial charge in [-0.05, 0) is 32.1 Å². The Morgan fingerprint density at radius 3 is 2.65 bits per heavy atom. The highest BCUT2D eigenvalue weighted by molar-refractivity contribution is 14.1. The number of unbranched alkanes of at least 4 members (excludes halogenated alkanes) is 4. The SMILES string of the molecule is O=CCCCC(=O)NCCCCCCOC1CC(I)C1. The molecule has 0 aromatic rings. The molecule has 1 fully saturated rings. The molecule has 0 aromatic carbocycles. The van der Waals surface area contributed by atoms with Crippen LogP contribution in [0.1, 0.15) is 57.8 Å². The molecule has 0 atom stereocenters. The smallest absolute Gasteiger partial charge is 0.220 e. The van der Waals surface area contributed by atoms with Crippen LogP contribution in [-0.4, -0.2) is 35.4 Å². The first-order chi connectivity index (χ1) is 9.72. The highest BCUT2D eigenvalue weighted by Gasteiger charge is 2.26. The van der Waals surface area contributed by atoms with E-state index in [9.17, 15) is 9.59 Å². The first-order valence-electron chi connectivity index (χ1n) is 7.68. The molecule has 4 nitrogen and oxygen atoms in total. The molecule has 1 saturated carbocycles. The quantitative estimate of drug-likeness (QED) is 0.239. The summed E-state index contributed by atoms with van der Waals surface area (Å²) in [6.45, 7) is 1.63. The van der Waals surface area contributed by atoms with Crippen molar-refractivity contribution in [3.05, 3.63) is 0 Å². The number of carbonyl (C=O) groups excluding carboxylic acids is 2. The molecule has 0 unspecified atom stereocenters. The Labute approximate surface area is 135 Å². The maximum atomic E-state index is 11.3. The topological polar surface area (TPSA) is 55.4 Å². The predicted molar refractivity (Wildman–Crippen MR) is 88.2 cm³/mol. The fraction of sp³-hybridized carbons (Fsp3) is 0.867. The summed E-state index contributed by atoms with van der Waals surface area (Å²) in [5.41, 5.74) is 0. The standard InChI is InChI=1S/C15H26INO3/c16-13-11-14(12-13)20-10-6-2-1-4-8-17-15(19)7-3-5-9-18/h9,13-14H,1-8,10-12H2,(H,17,19). The van der Waals surface area contributed by atoms with E-state index in [0.717, 1.165) is 42.6 Å². The first-order valence-corrected chi connectivity index (χ1v) is 8.93. The summed E-state index contributed by atoms with van der Waals surface area (Å²) < 4.78 is 6.57. The number of halogens is 1. The molecule has 1 N–H and O–H groups in total. The van der Waals surface area contributed by atoms with Gasteiger partial charge in [-0.1, -0.05) is 35.4 Å². The van der Waals surface area contributed by atoms with Gasteiger partial charge in [-0.15, -0.1) is 0 Å². The van der Waals surface area contributed by atoms with Crippen LogP contribution in [-0.2, 0) is 14.3 Å². The van der Waals surface area contributed by atoms with Crippen LogP contribution in [0.5, 0.6) is 0 Å². The number of nitrogens with one attached hydrogen (secondary N) is 1. The zero-order valence-corrected chi connectivity index (χ0v) is 14.3. The minimum Gasteiger partial charge on any atom is -0.378 e. The van der Waals surface area contributed by atoms with E-state index in [4.69, 9.17) is 4.74 Å². The number of alkyl halides is 1. The first kappa shape index (κ1) is 17.9. The summed E-state index contributed by atoms with van der Waals surface area (Å²) in [6.07, 6.45) is 9.87. The average molecular weight is 395 g/mol. The molecule has 0 spiro atoms. The lowest BCUT2D eigenvalue weighted by molar-refractivity contribution is -0.121. The molecular formula is C15H26INO3. The van der Waals surface area contributed by atoms with Gasteiger partial charge in [0.05, 0.1) is 6.10 Å². The Bertz CT molecular complexity index is 280. The van der Waals surface area contributed by atoms with Crippen LogP contribution < -0.4 is 5.32 Å². The summed E-state index contributed by atoms with van der Waals surface area (Å²) in [4.78, 5) is 21.5. The van der Waals surface area contributed by atoms with Gasteiger partial charge in [-0.3, -0.25) is 4.79 Å². The van der Waals surface area contributed by atoms with Gasteiger partial charge in [0, 0.05) is 29.9 Å². The summed E-state index contributed by atoms with van der Waals surface area (Å²) in [7, 11) is 0. The molecule has 1 aliphatic carbocycles. The Morgan fingerprint density at radius 1 is 1.20 bits per heavy atom. The Kier molecular flexibility index (Phi) is 10.3. The predicted octanol–water partition coefficient (Wildman–Crippen LogP) is 3.01. The maximum Gasteiger partial charge on any atom is 0.220 e. The van der Waals surface area contributed by atoms with Gasteiger partial charge < -0.3 is 14.8 Å². The molecule has 1 amide bonds. The zero-order chi connectivity index (χ0) is 14.6. The minimum atomic E-state index is 0.0634. The Hall–Kier alpha value is -0.170. The third-order valence-corrected chi connectivity index (χ3v) is 4.53. The normalized spacial score (nSPS) is 21.2. The average Bonchev–Trinajstić information content (AvgIpc) is 2.39. The van der Waals surface area contributed by atoms with Crippen LogP contribution in [0.15, 0.2) is 0 Å². The van der Waals surface area contributed by atoms with Gasteiger partial charge in [0.2, 0.25) is 5.91 Å². The van der Waals surface area contributed by atoms with E-state index in [2.05, 4.69) is 27.9 Å². The Morgan fingerprint density at radius 2 is 1.95 bits per heavy atom. The summed E-state index contributed by atoms with van der Waals surface area (Å²) in [6, 6.07) is 0. The second-order valence-electron chi connectivity index (χ2n) is 5.38. The molecule has 20 heavy (non-hydrogen) atoms. The largest absolute Gasteiger partial charge is 0.378 e. The van der Waals surface area contributed by atoms with Crippen LogP contribution in [0.3, 0.4) is 0 Å². The van der Waals surface area contributed by atoms with Gasteiger partial charge in [-0.25, -0.2) is 0 Å². The zero-order valence-electron chi connectivity index (χ0n) is 12.1. The monoisotopic (exact) mass is 395 g/mol. The van der Waals surface area contributed by atoms with Crippen LogP contribution in [0.4, 0.5) is 0 Å². The van der Waals surface area contributed by atoms with E-state index in [1.54, 1.807) is 0 Å². The molecule has 0 heterocycles. The van der Waals surface area contributed by atoms with Gasteiger partial charge in [0.1, 0.15) is 6.29 Å². The summed E-state index contributed by atoms with van der Waals surface area (Å²) >= 11 is 2.48. The molecule has 0 saturated heterocycles. The number of ether oxygens (including phenoxy) is 1. The molecule has 116 valence electrons. The minimum absolute atomic E-state index is 0.0634. The second-order valence-corrected chi connectivity index (χ2v) is 7.15. The molecule has 1 aliphatic rings. The van der Waals surface area contributed by atoms with E-state index in [-0.39, 0.29) is 5.91 Å². The lowest BCUT2D eigenvalue weighted by Crippen LogP contribution is -2.31. The van der Waals surface area contributed by atoms with Crippen molar-refractivity contribution in [1.29, 1.82) is 0 Å². The fourth-order valence-electron chi connectivity index (χ4n) is 2.13. The highest BCUT2D eigenvalue weighted by Crippen LogP contribution is 2.30. The highest BCUT2D eigenvalue weighted by atomic mass is 127. The van der Waals surface area contributed by atoms with Crippen molar-refractivity contribution < 1.29 is 14.3 Å². The van der Waals surface area contributed by atoms with E-state index in [1.165, 1.54) is 19.3 Å². The third kappa shape index (κ3) is 8.89. The summed E-state index contributed by atoms with van der Waals surface area (Å²) in [5, 5.41) is 2.89. The van der Waals surface area contributed by atoms with Crippen molar-refractivity contribution in [3.8, 4) is 0 Å².